The quantitative estimate of drug-likeness (QED) is 0.842. The molecule has 0 radical (unpaired) electrons. The highest BCUT2D eigenvalue weighted by atomic mass is 19.2. The van der Waals surface area contributed by atoms with Gasteiger partial charge in [-0.3, -0.25) is 9.59 Å². The van der Waals surface area contributed by atoms with E-state index >= 15 is 0 Å². The molecule has 0 bridgehead atoms. The zero-order chi connectivity index (χ0) is 14.6. The maximum Gasteiger partial charge on any atom is 0.251 e. The van der Waals surface area contributed by atoms with Gasteiger partial charge in [0.25, 0.3) is 5.91 Å². The molecule has 0 heterocycles. The SMILES string of the molecule is CN(C)C(=O)CCNC(=O)c1cc(F)c(F)c(F)c1. The minimum atomic E-state index is -1.63. The molecule has 0 atom stereocenters. The summed E-state index contributed by atoms with van der Waals surface area (Å²) in [6, 6.07) is 1.20. The van der Waals surface area contributed by atoms with E-state index in [1.807, 2.05) is 0 Å². The van der Waals surface area contributed by atoms with Gasteiger partial charge in [0.2, 0.25) is 5.91 Å². The van der Waals surface area contributed by atoms with Crippen molar-refractivity contribution in [1.29, 1.82) is 0 Å². The van der Waals surface area contributed by atoms with Gasteiger partial charge in [0.05, 0.1) is 0 Å². The van der Waals surface area contributed by atoms with Crippen molar-refractivity contribution >= 4 is 11.8 Å². The van der Waals surface area contributed by atoms with Crippen LogP contribution >= 0.6 is 0 Å². The van der Waals surface area contributed by atoms with E-state index in [-0.39, 0.29) is 24.4 Å². The number of nitrogens with zero attached hydrogens (tertiary/aromatic N) is 1. The number of carbonyl (C=O) groups excluding carboxylic acids is 2. The summed E-state index contributed by atoms with van der Waals surface area (Å²) >= 11 is 0. The van der Waals surface area contributed by atoms with Crippen LogP contribution in [0.5, 0.6) is 0 Å². The maximum absolute atomic E-state index is 12.9. The molecule has 0 aliphatic rings. The Morgan fingerprint density at radius 3 is 2.16 bits per heavy atom. The Balaban J connectivity index is 2.62. The van der Waals surface area contributed by atoms with Crippen molar-refractivity contribution in [2.24, 2.45) is 0 Å². The van der Waals surface area contributed by atoms with Gasteiger partial charge in [-0.05, 0) is 12.1 Å². The molecular weight excluding hydrogens is 261 g/mol. The van der Waals surface area contributed by atoms with Gasteiger partial charge in [-0.1, -0.05) is 0 Å². The van der Waals surface area contributed by atoms with Crippen molar-refractivity contribution < 1.29 is 22.8 Å². The fraction of sp³-hybridized carbons (Fsp3) is 0.333. The van der Waals surface area contributed by atoms with Crippen molar-refractivity contribution in [3.05, 3.63) is 35.1 Å². The number of nitrogens with one attached hydrogen (secondary N) is 1. The lowest BCUT2D eigenvalue weighted by Crippen LogP contribution is -2.30. The molecule has 0 aliphatic carbocycles. The summed E-state index contributed by atoms with van der Waals surface area (Å²) in [5.41, 5.74) is -0.339. The lowest BCUT2D eigenvalue weighted by molar-refractivity contribution is -0.128. The number of rotatable bonds is 4. The number of amides is 2. The molecule has 0 spiro atoms. The molecule has 0 saturated heterocycles. The van der Waals surface area contributed by atoms with Crippen molar-refractivity contribution in [1.82, 2.24) is 10.2 Å². The summed E-state index contributed by atoms with van der Waals surface area (Å²) in [6.07, 6.45) is 0.0604. The van der Waals surface area contributed by atoms with Crippen LogP contribution in [0.1, 0.15) is 16.8 Å². The molecule has 0 fully saturated rings. The molecule has 7 heteroatoms. The summed E-state index contributed by atoms with van der Waals surface area (Å²) < 4.78 is 38.5. The molecule has 1 N–H and O–H groups in total. The zero-order valence-corrected chi connectivity index (χ0v) is 10.5. The number of benzene rings is 1. The van der Waals surface area contributed by atoms with Gasteiger partial charge in [-0.15, -0.1) is 0 Å². The normalized spacial score (nSPS) is 10.2. The minimum Gasteiger partial charge on any atom is -0.352 e. The second-order valence-electron chi connectivity index (χ2n) is 4.05. The highest BCUT2D eigenvalue weighted by Gasteiger charge is 2.15. The van der Waals surface area contributed by atoms with Crippen LogP contribution in [0.3, 0.4) is 0 Å². The van der Waals surface area contributed by atoms with E-state index in [1.165, 1.54) is 4.90 Å². The molecule has 0 aliphatic heterocycles. The Hall–Kier alpha value is -2.05. The van der Waals surface area contributed by atoms with Crippen LogP contribution in [0, 0.1) is 17.5 Å². The monoisotopic (exact) mass is 274 g/mol. The lowest BCUT2D eigenvalue weighted by atomic mass is 10.2. The van der Waals surface area contributed by atoms with E-state index in [9.17, 15) is 22.8 Å². The predicted octanol–water partition coefficient (Wildman–Crippen LogP) is 1.31. The molecule has 4 nitrogen and oxygen atoms in total. The third-order valence-electron chi connectivity index (χ3n) is 2.37. The number of hydrogen-bond donors (Lipinski definition) is 1. The van der Waals surface area contributed by atoms with Gasteiger partial charge < -0.3 is 10.2 Å². The van der Waals surface area contributed by atoms with Crippen LogP contribution in [0.4, 0.5) is 13.2 Å². The molecule has 1 rings (SSSR count). The first-order valence-electron chi connectivity index (χ1n) is 5.46. The van der Waals surface area contributed by atoms with Gasteiger partial charge in [-0.25, -0.2) is 13.2 Å². The second kappa shape index (κ2) is 6.21. The first-order chi connectivity index (χ1) is 8.82. The van der Waals surface area contributed by atoms with Gasteiger partial charge in [-0.2, -0.15) is 0 Å². The van der Waals surface area contributed by atoms with Crippen LogP contribution in [0.15, 0.2) is 12.1 Å². The van der Waals surface area contributed by atoms with E-state index in [4.69, 9.17) is 0 Å². The third kappa shape index (κ3) is 3.97. The molecule has 1 aromatic rings. The first-order valence-corrected chi connectivity index (χ1v) is 5.46. The molecule has 0 saturated carbocycles. The predicted molar refractivity (Wildman–Crippen MR) is 62.0 cm³/mol. The largest absolute Gasteiger partial charge is 0.352 e. The fourth-order valence-electron chi connectivity index (χ4n) is 1.30. The van der Waals surface area contributed by atoms with E-state index in [1.54, 1.807) is 14.1 Å². The van der Waals surface area contributed by atoms with E-state index in [0.717, 1.165) is 0 Å². The van der Waals surface area contributed by atoms with Crippen molar-refractivity contribution in [2.45, 2.75) is 6.42 Å². The average Bonchev–Trinajstić information content (AvgIpc) is 2.34. The second-order valence-corrected chi connectivity index (χ2v) is 4.05. The van der Waals surface area contributed by atoms with Crippen LogP contribution in [0.25, 0.3) is 0 Å². The molecule has 0 aromatic heterocycles. The van der Waals surface area contributed by atoms with Gasteiger partial charge >= 0.3 is 0 Å². The zero-order valence-electron chi connectivity index (χ0n) is 10.5. The van der Waals surface area contributed by atoms with Crippen molar-refractivity contribution in [2.75, 3.05) is 20.6 Å². The third-order valence-corrected chi connectivity index (χ3v) is 2.37. The molecule has 19 heavy (non-hydrogen) atoms. The Kier molecular flexibility index (Phi) is 4.91. The fourth-order valence-corrected chi connectivity index (χ4v) is 1.30. The van der Waals surface area contributed by atoms with Crippen LogP contribution in [0.2, 0.25) is 0 Å². The molecule has 1 aromatic carbocycles. The van der Waals surface area contributed by atoms with Crippen molar-refractivity contribution in [3.8, 4) is 0 Å². The van der Waals surface area contributed by atoms with E-state index in [2.05, 4.69) is 5.32 Å². The Bertz CT molecular complexity index is 481. The van der Waals surface area contributed by atoms with Crippen LogP contribution in [-0.4, -0.2) is 37.4 Å². The number of hydrogen-bond acceptors (Lipinski definition) is 2. The van der Waals surface area contributed by atoms with Gasteiger partial charge in [0.1, 0.15) is 0 Å². The van der Waals surface area contributed by atoms with Gasteiger partial charge in [0, 0.05) is 32.6 Å². The topological polar surface area (TPSA) is 49.4 Å². The summed E-state index contributed by atoms with van der Waals surface area (Å²) in [4.78, 5) is 24.1. The highest BCUT2D eigenvalue weighted by molar-refractivity contribution is 5.94. The highest BCUT2D eigenvalue weighted by Crippen LogP contribution is 2.13. The minimum absolute atomic E-state index is 0.0243. The van der Waals surface area contributed by atoms with Crippen molar-refractivity contribution in [3.63, 3.8) is 0 Å². The van der Waals surface area contributed by atoms with E-state index in [0.29, 0.717) is 12.1 Å². The standard InChI is InChI=1S/C12H13F3N2O2/c1-17(2)10(18)3-4-16-12(19)7-5-8(13)11(15)9(14)6-7/h5-6H,3-4H2,1-2H3,(H,16,19). The van der Waals surface area contributed by atoms with Crippen LogP contribution < -0.4 is 5.32 Å². The molecule has 0 unspecified atom stereocenters. The summed E-state index contributed by atoms with van der Waals surface area (Å²) in [6.45, 7) is 0.0243. The lowest BCUT2D eigenvalue weighted by Gasteiger charge is -2.10. The molecule has 2 amide bonds. The van der Waals surface area contributed by atoms with Crippen LogP contribution in [-0.2, 0) is 4.79 Å². The Morgan fingerprint density at radius 1 is 1.16 bits per heavy atom. The number of carbonyl (C=O) groups is 2. The number of halogens is 3. The average molecular weight is 274 g/mol. The Labute approximate surface area is 108 Å². The van der Waals surface area contributed by atoms with E-state index < -0.39 is 23.4 Å². The molecule has 104 valence electrons. The summed E-state index contributed by atoms with van der Waals surface area (Å²) in [7, 11) is 3.13. The first kappa shape index (κ1) is 15.0. The maximum atomic E-state index is 12.9. The summed E-state index contributed by atoms with van der Waals surface area (Å²) in [5.74, 6) is -5.47. The Morgan fingerprint density at radius 2 is 1.68 bits per heavy atom. The molecular formula is C12H13F3N2O2. The van der Waals surface area contributed by atoms with Gasteiger partial charge in [0.15, 0.2) is 17.5 Å². The summed E-state index contributed by atoms with van der Waals surface area (Å²) in [5, 5.41) is 2.32. The smallest absolute Gasteiger partial charge is 0.251 e.